The highest BCUT2D eigenvalue weighted by Crippen LogP contribution is 2.35. The van der Waals surface area contributed by atoms with Gasteiger partial charge in [-0.15, -0.1) is 0 Å². The predicted molar refractivity (Wildman–Crippen MR) is 66.9 cm³/mol. The fourth-order valence-electron chi connectivity index (χ4n) is 2.67. The monoisotopic (exact) mass is 249 g/mol. The molecule has 1 aliphatic heterocycles. The number of nitrogens with zero attached hydrogens (tertiary/aromatic N) is 3. The number of likely N-dealkylation sites (tertiary alicyclic amines) is 1. The smallest absolute Gasteiger partial charge is 0.310 e. The van der Waals surface area contributed by atoms with Crippen molar-refractivity contribution in [1.29, 1.82) is 0 Å². The highest BCUT2D eigenvalue weighted by Gasteiger charge is 2.43. The van der Waals surface area contributed by atoms with E-state index in [0.29, 0.717) is 13.1 Å². The van der Waals surface area contributed by atoms with Gasteiger partial charge in [-0.05, 0) is 25.5 Å². The highest BCUT2D eigenvalue weighted by molar-refractivity contribution is 5.75. The maximum atomic E-state index is 11.5. The number of hydrogen-bond acceptors (Lipinski definition) is 4. The largest absolute Gasteiger partial charge is 0.481 e. The van der Waals surface area contributed by atoms with Crippen LogP contribution in [0.5, 0.6) is 0 Å². The van der Waals surface area contributed by atoms with Crippen LogP contribution in [0.1, 0.15) is 32.0 Å². The molecule has 0 aliphatic carbocycles. The molecule has 1 aliphatic rings. The Bertz CT molecular complexity index is 410. The first-order valence-corrected chi connectivity index (χ1v) is 6.38. The van der Waals surface area contributed by atoms with Crippen LogP contribution < -0.4 is 0 Å². The van der Waals surface area contributed by atoms with E-state index < -0.39 is 11.4 Å². The minimum absolute atomic E-state index is 0.566. The van der Waals surface area contributed by atoms with E-state index in [1.165, 1.54) is 0 Å². The third-order valence-electron chi connectivity index (χ3n) is 3.60. The summed E-state index contributed by atoms with van der Waals surface area (Å²) in [5.41, 5.74) is -0.566. The number of aromatic nitrogens is 2. The molecule has 1 N–H and O–H groups in total. The first-order chi connectivity index (χ1) is 8.66. The van der Waals surface area contributed by atoms with Crippen molar-refractivity contribution >= 4 is 5.97 Å². The molecule has 1 aromatic rings. The van der Waals surface area contributed by atoms with Crippen molar-refractivity contribution in [3.63, 3.8) is 0 Å². The van der Waals surface area contributed by atoms with E-state index in [2.05, 4.69) is 14.9 Å². The van der Waals surface area contributed by atoms with Crippen LogP contribution in [0.3, 0.4) is 0 Å². The van der Waals surface area contributed by atoms with Crippen LogP contribution in [0.25, 0.3) is 0 Å². The Morgan fingerprint density at radius 1 is 1.50 bits per heavy atom. The lowest BCUT2D eigenvalue weighted by atomic mass is 9.83. The van der Waals surface area contributed by atoms with Gasteiger partial charge in [0.1, 0.15) is 5.82 Å². The molecular weight excluding hydrogens is 230 g/mol. The zero-order valence-electron chi connectivity index (χ0n) is 10.7. The van der Waals surface area contributed by atoms with Gasteiger partial charge in [-0.3, -0.25) is 9.69 Å². The Balaban J connectivity index is 2.01. The number of aliphatic carboxylic acids is 1. The summed E-state index contributed by atoms with van der Waals surface area (Å²) in [6.07, 6.45) is 5.81. The van der Waals surface area contributed by atoms with Gasteiger partial charge in [-0.2, -0.15) is 0 Å². The van der Waals surface area contributed by atoms with Crippen molar-refractivity contribution in [2.45, 2.75) is 32.7 Å². The average molecular weight is 249 g/mol. The lowest BCUT2D eigenvalue weighted by molar-refractivity contribution is -0.148. The fraction of sp³-hybridized carbons (Fsp3) is 0.615. The molecule has 2 heterocycles. The number of carboxylic acid groups (broad SMARTS) is 1. The first-order valence-electron chi connectivity index (χ1n) is 6.38. The topological polar surface area (TPSA) is 66.3 Å². The molecule has 1 aromatic heterocycles. The summed E-state index contributed by atoms with van der Waals surface area (Å²) >= 11 is 0. The molecule has 5 nitrogen and oxygen atoms in total. The molecule has 1 fully saturated rings. The predicted octanol–water partition coefficient (Wildman–Crippen LogP) is 1.55. The molecule has 0 spiro atoms. The molecule has 1 unspecified atom stereocenters. The molecular formula is C13H19N3O2. The van der Waals surface area contributed by atoms with Gasteiger partial charge >= 0.3 is 5.97 Å². The number of hydrogen-bond donors (Lipinski definition) is 1. The van der Waals surface area contributed by atoms with Crippen molar-refractivity contribution in [1.82, 2.24) is 14.9 Å². The second-order valence-corrected chi connectivity index (χ2v) is 4.96. The SMILES string of the molecule is CCCC1(C(=O)O)CCN(Cc2ncccn2)C1. The lowest BCUT2D eigenvalue weighted by Crippen LogP contribution is -2.34. The molecule has 0 radical (unpaired) electrons. The van der Waals surface area contributed by atoms with Crippen molar-refractivity contribution in [2.75, 3.05) is 13.1 Å². The van der Waals surface area contributed by atoms with E-state index in [1.807, 2.05) is 6.92 Å². The standard InChI is InChI=1S/C13H19N3O2/c1-2-4-13(12(17)18)5-8-16(10-13)9-11-14-6-3-7-15-11/h3,6-7H,2,4-5,8-10H2,1H3,(H,17,18). The molecule has 0 aromatic carbocycles. The molecule has 5 heteroatoms. The van der Waals surface area contributed by atoms with Crippen molar-refractivity contribution in [2.24, 2.45) is 5.41 Å². The second kappa shape index (κ2) is 5.44. The van der Waals surface area contributed by atoms with E-state index in [1.54, 1.807) is 18.5 Å². The summed E-state index contributed by atoms with van der Waals surface area (Å²) in [5, 5.41) is 9.42. The van der Waals surface area contributed by atoms with Crippen LogP contribution >= 0.6 is 0 Å². The molecule has 18 heavy (non-hydrogen) atoms. The number of carbonyl (C=O) groups is 1. The Morgan fingerprint density at radius 3 is 2.83 bits per heavy atom. The van der Waals surface area contributed by atoms with Crippen LogP contribution in [0.15, 0.2) is 18.5 Å². The van der Waals surface area contributed by atoms with Crippen LogP contribution in [-0.4, -0.2) is 39.0 Å². The van der Waals surface area contributed by atoms with Gasteiger partial charge in [-0.1, -0.05) is 13.3 Å². The summed E-state index contributed by atoms with van der Waals surface area (Å²) < 4.78 is 0. The van der Waals surface area contributed by atoms with Crippen molar-refractivity contribution < 1.29 is 9.90 Å². The minimum Gasteiger partial charge on any atom is -0.481 e. The summed E-state index contributed by atoms with van der Waals surface area (Å²) in [5.74, 6) is 0.0935. The van der Waals surface area contributed by atoms with E-state index in [4.69, 9.17) is 0 Å². The van der Waals surface area contributed by atoms with Gasteiger partial charge in [0.15, 0.2) is 0 Å². The summed E-state index contributed by atoms with van der Waals surface area (Å²) in [6.45, 7) is 4.09. The van der Waals surface area contributed by atoms with Crippen LogP contribution in [0, 0.1) is 5.41 Å². The summed E-state index contributed by atoms with van der Waals surface area (Å²) in [4.78, 5) is 22.0. The zero-order chi connectivity index (χ0) is 13.0. The fourth-order valence-corrected chi connectivity index (χ4v) is 2.67. The third-order valence-corrected chi connectivity index (χ3v) is 3.60. The van der Waals surface area contributed by atoms with Gasteiger partial charge in [0, 0.05) is 18.9 Å². The molecule has 0 saturated carbocycles. The van der Waals surface area contributed by atoms with E-state index in [9.17, 15) is 9.90 Å². The Labute approximate surface area is 107 Å². The number of rotatable bonds is 5. The van der Waals surface area contributed by atoms with Crippen molar-refractivity contribution in [3.05, 3.63) is 24.3 Å². The summed E-state index contributed by atoms with van der Waals surface area (Å²) in [6, 6.07) is 1.78. The van der Waals surface area contributed by atoms with Gasteiger partial charge in [0.2, 0.25) is 0 Å². The summed E-state index contributed by atoms with van der Waals surface area (Å²) in [7, 11) is 0. The number of carboxylic acids is 1. The zero-order valence-corrected chi connectivity index (χ0v) is 10.7. The molecule has 1 saturated heterocycles. The van der Waals surface area contributed by atoms with Gasteiger partial charge in [0.05, 0.1) is 12.0 Å². The maximum Gasteiger partial charge on any atom is 0.310 e. The van der Waals surface area contributed by atoms with Crippen LogP contribution in [0.4, 0.5) is 0 Å². The Kier molecular flexibility index (Phi) is 3.91. The van der Waals surface area contributed by atoms with Crippen LogP contribution in [0.2, 0.25) is 0 Å². The second-order valence-electron chi connectivity index (χ2n) is 4.96. The maximum absolute atomic E-state index is 11.5. The van der Waals surface area contributed by atoms with Gasteiger partial charge in [-0.25, -0.2) is 9.97 Å². The van der Waals surface area contributed by atoms with E-state index in [0.717, 1.165) is 31.6 Å². The van der Waals surface area contributed by atoms with Crippen LogP contribution in [-0.2, 0) is 11.3 Å². The Hall–Kier alpha value is -1.49. The van der Waals surface area contributed by atoms with E-state index >= 15 is 0 Å². The molecule has 0 amide bonds. The normalized spacial score (nSPS) is 24.3. The molecule has 1 atom stereocenters. The molecule has 2 rings (SSSR count). The third kappa shape index (κ3) is 2.67. The molecule has 0 bridgehead atoms. The molecule has 98 valence electrons. The van der Waals surface area contributed by atoms with Gasteiger partial charge in [0.25, 0.3) is 0 Å². The minimum atomic E-state index is -0.666. The quantitative estimate of drug-likeness (QED) is 0.857. The Morgan fingerprint density at radius 2 is 2.22 bits per heavy atom. The first kappa shape index (κ1) is 13.0. The van der Waals surface area contributed by atoms with Crippen molar-refractivity contribution in [3.8, 4) is 0 Å². The van der Waals surface area contributed by atoms with E-state index in [-0.39, 0.29) is 0 Å². The highest BCUT2D eigenvalue weighted by atomic mass is 16.4. The average Bonchev–Trinajstić information content (AvgIpc) is 2.76. The van der Waals surface area contributed by atoms with Gasteiger partial charge < -0.3 is 5.11 Å². The lowest BCUT2D eigenvalue weighted by Gasteiger charge is -2.24.